The van der Waals surface area contributed by atoms with Gasteiger partial charge in [0.2, 0.25) is 0 Å². The predicted octanol–water partition coefficient (Wildman–Crippen LogP) is 7.28. The highest BCUT2D eigenvalue weighted by atomic mass is 16.4. The molecule has 0 fully saturated rings. The fraction of sp³-hybridized carbons (Fsp3) is 0.857. The van der Waals surface area contributed by atoms with Crippen molar-refractivity contribution in [2.75, 3.05) is 0 Å². The molecule has 23 heavy (non-hydrogen) atoms. The predicted molar refractivity (Wildman–Crippen MR) is 101 cm³/mol. The second kappa shape index (κ2) is 19.3. The summed E-state index contributed by atoms with van der Waals surface area (Å²) in [6, 6.07) is 0. The molecule has 1 N–H and O–H groups in total. The highest BCUT2D eigenvalue weighted by Crippen LogP contribution is 2.13. The second-order valence-corrected chi connectivity index (χ2v) is 6.79. The van der Waals surface area contributed by atoms with Gasteiger partial charge in [-0.05, 0) is 25.7 Å². The minimum absolute atomic E-state index is 0.342. The number of hydrogen-bond donors (Lipinski definition) is 1. The van der Waals surface area contributed by atoms with E-state index in [2.05, 4.69) is 19.1 Å². The van der Waals surface area contributed by atoms with Gasteiger partial charge in [0.05, 0.1) is 0 Å². The molecule has 0 spiro atoms. The van der Waals surface area contributed by atoms with Gasteiger partial charge in [-0.1, -0.05) is 96.1 Å². The van der Waals surface area contributed by atoms with Crippen LogP contribution in [0.3, 0.4) is 0 Å². The second-order valence-electron chi connectivity index (χ2n) is 6.79. The van der Waals surface area contributed by atoms with Crippen LogP contribution in [0.5, 0.6) is 0 Å². The topological polar surface area (TPSA) is 37.3 Å². The maximum atomic E-state index is 10.4. The number of unbranched alkanes of at least 4 members (excludes halogenated alkanes) is 14. The van der Waals surface area contributed by atoms with E-state index in [1.807, 2.05) is 0 Å². The van der Waals surface area contributed by atoms with E-state index in [1.165, 1.54) is 89.9 Å². The van der Waals surface area contributed by atoms with Crippen LogP contribution in [-0.2, 0) is 4.79 Å². The Bertz CT molecular complexity index is 271. The molecule has 0 unspecified atom stereocenters. The van der Waals surface area contributed by atoms with Crippen LogP contribution in [0.1, 0.15) is 116 Å². The number of carbonyl (C=O) groups is 1. The first kappa shape index (κ1) is 22.2. The minimum Gasteiger partial charge on any atom is -0.481 e. The van der Waals surface area contributed by atoms with Crippen LogP contribution in [0.15, 0.2) is 12.2 Å². The van der Waals surface area contributed by atoms with Gasteiger partial charge in [-0.25, -0.2) is 0 Å². The van der Waals surface area contributed by atoms with E-state index >= 15 is 0 Å². The van der Waals surface area contributed by atoms with Crippen molar-refractivity contribution in [1.29, 1.82) is 0 Å². The highest BCUT2D eigenvalue weighted by Gasteiger charge is 1.96. The number of hydrogen-bond acceptors (Lipinski definition) is 1. The lowest BCUT2D eigenvalue weighted by atomic mass is 10.0. The van der Waals surface area contributed by atoms with Crippen molar-refractivity contribution in [2.45, 2.75) is 116 Å². The van der Waals surface area contributed by atoms with Gasteiger partial charge < -0.3 is 5.11 Å². The van der Waals surface area contributed by atoms with Crippen molar-refractivity contribution in [2.24, 2.45) is 0 Å². The fourth-order valence-corrected chi connectivity index (χ4v) is 2.86. The van der Waals surface area contributed by atoms with Crippen LogP contribution in [-0.4, -0.2) is 11.1 Å². The maximum Gasteiger partial charge on any atom is 0.303 e. The van der Waals surface area contributed by atoms with Crippen molar-refractivity contribution in [1.82, 2.24) is 0 Å². The molecule has 0 aliphatic rings. The Kier molecular flexibility index (Phi) is 18.6. The summed E-state index contributed by atoms with van der Waals surface area (Å²) in [6.07, 6.45) is 25.7. The molecule has 0 radical (unpaired) electrons. The molecule has 0 heterocycles. The summed E-state index contributed by atoms with van der Waals surface area (Å²) in [6.45, 7) is 2.25. The molecule has 0 aliphatic heterocycles. The molecule has 0 aromatic heterocycles. The van der Waals surface area contributed by atoms with Gasteiger partial charge in [-0.15, -0.1) is 0 Å². The van der Waals surface area contributed by atoms with Crippen molar-refractivity contribution >= 4 is 5.97 Å². The SMILES string of the molecule is CCCCC=CCCCCCCCCCCCCCCC(=O)O. The summed E-state index contributed by atoms with van der Waals surface area (Å²) in [5, 5.41) is 8.55. The van der Waals surface area contributed by atoms with Gasteiger partial charge in [-0.3, -0.25) is 4.79 Å². The Morgan fingerprint density at radius 1 is 0.652 bits per heavy atom. The van der Waals surface area contributed by atoms with Gasteiger partial charge in [0.15, 0.2) is 0 Å². The summed E-state index contributed by atoms with van der Waals surface area (Å²) in [7, 11) is 0. The monoisotopic (exact) mass is 324 g/mol. The number of allylic oxidation sites excluding steroid dienone is 2. The lowest BCUT2D eigenvalue weighted by molar-refractivity contribution is -0.137. The fourth-order valence-electron chi connectivity index (χ4n) is 2.86. The lowest BCUT2D eigenvalue weighted by Crippen LogP contribution is -1.93. The number of rotatable bonds is 18. The zero-order valence-electron chi connectivity index (χ0n) is 15.5. The molecule has 136 valence electrons. The Morgan fingerprint density at radius 2 is 1.04 bits per heavy atom. The molecule has 2 nitrogen and oxygen atoms in total. The van der Waals surface area contributed by atoms with Crippen molar-refractivity contribution < 1.29 is 9.90 Å². The molecule has 0 rings (SSSR count). The lowest BCUT2D eigenvalue weighted by Gasteiger charge is -2.02. The Morgan fingerprint density at radius 3 is 1.48 bits per heavy atom. The summed E-state index contributed by atoms with van der Waals surface area (Å²) in [5.41, 5.74) is 0. The molecule has 0 bridgehead atoms. The van der Waals surface area contributed by atoms with Crippen LogP contribution in [0, 0.1) is 0 Å². The average Bonchev–Trinajstić information content (AvgIpc) is 2.53. The molecule has 0 saturated carbocycles. The average molecular weight is 325 g/mol. The maximum absolute atomic E-state index is 10.4. The van der Waals surface area contributed by atoms with Crippen LogP contribution < -0.4 is 0 Å². The normalized spacial score (nSPS) is 11.3. The van der Waals surface area contributed by atoms with E-state index in [4.69, 9.17) is 5.11 Å². The third kappa shape index (κ3) is 21.2. The summed E-state index contributed by atoms with van der Waals surface area (Å²) in [5.74, 6) is -0.655. The smallest absolute Gasteiger partial charge is 0.303 e. The number of carboxylic acids is 1. The van der Waals surface area contributed by atoms with E-state index in [0.29, 0.717) is 6.42 Å². The molecule has 0 atom stereocenters. The molecular weight excluding hydrogens is 284 g/mol. The van der Waals surface area contributed by atoms with Gasteiger partial charge in [0.25, 0.3) is 0 Å². The Balaban J connectivity index is 3.02. The largest absolute Gasteiger partial charge is 0.481 e. The van der Waals surface area contributed by atoms with Gasteiger partial charge in [0, 0.05) is 6.42 Å². The van der Waals surface area contributed by atoms with Crippen molar-refractivity contribution in [3.8, 4) is 0 Å². The van der Waals surface area contributed by atoms with Crippen molar-refractivity contribution in [3.05, 3.63) is 12.2 Å². The molecule has 0 aromatic carbocycles. The van der Waals surface area contributed by atoms with Crippen LogP contribution in [0.4, 0.5) is 0 Å². The van der Waals surface area contributed by atoms with E-state index < -0.39 is 5.97 Å². The number of carboxylic acid groups (broad SMARTS) is 1. The van der Waals surface area contributed by atoms with Crippen LogP contribution >= 0.6 is 0 Å². The molecule has 0 saturated heterocycles. The van der Waals surface area contributed by atoms with Gasteiger partial charge in [0.1, 0.15) is 0 Å². The van der Waals surface area contributed by atoms with E-state index in [9.17, 15) is 4.79 Å². The highest BCUT2D eigenvalue weighted by molar-refractivity contribution is 5.66. The minimum atomic E-state index is -0.655. The Hall–Kier alpha value is -0.790. The molecule has 0 amide bonds. The van der Waals surface area contributed by atoms with E-state index in [0.717, 1.165) is 12.8 Å². The molecule has 2 heteroatoms. The summed E-state index contributed by atoms with van der Waals surface area (Å²) in [4.78, 5) is 10.4. The zero-order valence-corrected chi connectivity index (χ0v) is 15.5. The zero-order chi connectivity index (χ0) is 17.0. The molecular formula is C21H40O2. The Labute approximate surface area is 144 Å². The summed E-state index contributed by atoms with van der Waals surface area (Å²) < 4.78 is 0. The molecule has 0 aromatic rings. The third-order valence-electron chi connectivity index (χ3n) is 4.40. The van der Waals surface area contributed by atoms with Gasteiger partial charge >= 0.3 is 5.97 Å². The van der Waals surface area contributed by atoms with E-state index in [1.54, 1.807) is 0 Å². The summed E-state index contributed by atoms with van der Waals surface area (Å²) >= 11 is 0. The van der Waals surface area contributed by atoms with E-state index in [-0.39, 0.29) is 0 Å². The molecule has 0 aliphatic carbocycles. The van der Waals surface area contributed by atoms with Crippen molar-refractivity contribution in [3.63, 3.8) is 0 Å². The first-order valence-electron chi connectivity index (χ1n) is 10.1. The number of aliphatic carboxylic acids is 1. The first-order chi connectivity index (χ1) is 11.3. The quantitative estimate of drug-likeness (QED) is 0.212. The standard InChI is InChI=1S/C21H40O2/c1-2-3-4-5-6-7-8-9-10-11-12-13-14-15-16-17-18-19-20-21(22)23/h5-6H,2-4,7-20H2,1H3,(H,22,23). The van der Waals surface area contributed by atoms with Crippen LogP contribution in [0.25, 0.3) is 0 Å². The first-order valence-corrected chi connectivity index (χ1v) is 10.1. The third-order valence-corrected chi connectivity index (χ3v) is 4.40. The van der Waals surface area contributed by atoms with Crippen LogP contribution in [0.2, 0.25) is 0 Å². The van der Waals surface area contributed by atoms with Gasteiger partial charge in [-0.2, -0.15) is 0 Å².